The Balaban J connectivity index is 2.03. The molecule has 1 saturated heterocycles. The minimum atomic E-state index is -0.721. The Morgan fingerprint density at radius 3 is 2.34 bits per heavy atom. The van der Waals surface area contributed by atoms with Crippen LogP contribution in [0.4, 0.5) is 0 Å². The molecule has 0 spiro atoms. The number of likely N-dealkylation sites (tertiary alicyclic amines) is 1. The summed E-state index contributed by atoms with van der Waals surface area (Å²) >= 11 is 0. The third kappa shape index (κ3) is 11.5. The van der Waals surface area contributed by atoms with Crippen molar-refractivity contribution in [3.63, 3.8) is 0 Å². The van der Waals surface area contributed by atoms with Gasteiger partial charge in [-0.25, -0.2) is 0 Å². The van der Waals surface area contributed by atoms with Crippen molar-refractivity contribution in [2.24, 2.45) is 11.8 Å². The number of amides is 2. The summed E-state index contributed by atoms with van der Waals surface area (Å²) in [5.74, 6) is -2.77. The highest BCUT2D eigenvalue weighted by atomic mass is 16.6. The van der Waals surface area contributed by atoms with Gasteiger partial charge in [-0.05, 0) is 52.0 Å². The molecule has 9 nitrogen and oxygen atoms in total. The van der Waals surface area contributed by atoms with Gasteiger partial charge in [0.05, 0.1) is 30.9 Å². The van der Waals surface area contributed by atoms with Gasteiger partial charge in [-0.1, -0.05) is 42.5 Å². The van der Waals surface area contributed by atoms with Crippen molar-refractivity contribution in [2.45, 2.75) is 77.5 Å². The Morgan fingerprint density at radius 2 is 1.73 bits per heavy atom. The summed E-state index contributed by atoms with van der Waals surface area (Å²) in [4.78, 5) is 55.3. The number of aliphatic hydroxyl groups is 1. The Bertz CT molecular complexity index is 1030. The van der Waals surface area contributed by atoms with Gasteiger partial charge in [-0.15, -0.1) is 13.2 Å². The molecule has 0 unspecified atom stereocenters. The number of hydrogen-bond acceptors (Lipinski definition) is 7. The molecule has 0 saturated carbocycles. The predicted octanol–water partition coefficient (Wildman–Crippen LogP) is 4.05. The van der Waals surface area contributed by atoms with E-state index in [0.717, 1.165) is 12.0 Å². The molecule has 0 aliphatic carbocycles. The van der Waals surface area contributed by atoms with Gasteiger partial charge in [-0.2, -0.15) is 0 Å². The maximum Gasteiger partial charge on any atom is 0.309 e. The van der Waals surface area contributed by atoms with Gasteiger partial charge in [0.1, 0.15) is 12.2 Å². The van der Waals surface area contributed by atoms with Crippen LogP contribution in [0.2, 0.25) is 0 Å². The molecule has 1 aliphatic heterocycles. The maximum absolute atomic E-state index is 13.6. The Morgan fingerprint density at radius 1 is 1.07 bits per heavy atom. The molecule has 2 amide bonds. The first kappa shape index (κ1) is 33.7. The molecular weight excluding hydrogens is 524 g/mol. The third-order valence-electron chi connectivity index (χ3n) is 6.86. The lowest BCUT2D eigenvalue weighted by atomic mass is 9.98. The number of nitrogens with zero attached hydrogens (tertiary/aromatic N) is 2. The number of aliphatic hydroxyl groups excluding tert-OH is 1. The first-order valence-corrected chi connectivity index (χ1v) is 14.3. The van der Waals surface area contributed by atoms with Crippen molar-refractivity contribution in [1.29, 1.82) is 0 Å². The number of ether oxygens (including phenoxy) is 2. The number of carbonyl (C=O) groups excluding carboxylic acids is 4. The normalized spacial score (nSPS) is 16.4. The van der Waals surface area contributed by atoms with E-state index in [0.29, 0.717) is 25.9 Å². The Kier molecular flexibility index (Phi) is 13.8. The molecule has 41 heavy (non-hydrogen) atoms. The molecule has 1 aliphatic rings. The number of carbonyl (C=O) groups is 4. The molecule has 9 heteroatoms. The van der Waals surface area contributed by atoms with Crippen LogP contribution in [0.1, 0.15) is 64.9 Å². The number of hydrogen-bond donors (Lipinski definition) is 1. The molecule has 1 fully saturated rings. The lowest BCUT2D eigenvalue weighted by Gasteiger charge is -2.30. The van der Waals surface area contributed by atoms with Crippen LogP contribution < -0.4 is 0 Å². The smallest absolute Gasteiger partial charge is 0.309 e. The highest BCUT2D eigenvalue weighted by Gasteiger charge is 2.35. The Labute approximate surface area is 244 Å². The molecule has 0 radical (unpaired) electrons. The first-order valence-electron chi connectivity index (χ1n) is 14.3. The fourth-order valence-electron chi connectivity index (χ4n) is 4.91. The zero-order valence-corrected chi connectivity index (χ0v) is 24.8. The lowest BCUT2D eigenvalue weighted by Crippen LogP contribution is -2.44. The molecule has 0 bridgehead atoms. The van der Waals surface area contributed by atoms with Crippen LogP contribution in [0, 0.1) is 11.8 Å². The standard InChI is InChI=1S/C32H46N2O7/c1-6-12-25(20-28(36)33(18-19-35)22-24-14-9-8-10-15-24)30(38)34-17-11-16-27(34)23-40-31(39)26(13-7-2)21-29(37)41-32(3,4)5/h6-10,14-15,25-27,35H,1-2,11-13,16-23H2,3-5H3/t25-,26-,27-/m0/s1. The summed E-state index contributed by atoms with van der Waals surface area (Å²) in [6.07, 6.45) is 5.06. The SMILES string of the molecule is C=CC[C@@H](CC(=O)OC(C)(C)C)C(=O)OC[C@@H]1CCCN1C(=O)[C@@H](CC=C)CC(=O)N(CCO)Cc1ccccc1. The van der Waals surface area contributed by atoms with E-state index in [2.05, 4.69) is 13.2 Å². The lowest BCUT2D eigenvalue weighted by molar-refractivity contribution is -0.162. The number of allylic oxidation sites excluding steroid dienone is 2. The van der Waals surface area contributed by atoms with E-state index in [1.165, 1.54) is 0 Å². The van der Waals surface area contributed by atoms with Crippen molar-refractivity contribution >= 4 is 23.8 Å². The van der Waals surface area contributed by atoms with Crippen molar-refractivity contribution in [3.05, 3.63) is 61.2 Å². The highest BCUT2D eigenvalue weighted by Crippen LogP contribution is 2.25. The summed E-state index contributed by atoms with van der Waals surface area (Å²) in [5, 5.41) is 9.53. The van der Waals surface area contributed by atoms with Crippen LogP contribution in [-0.4, -0.2) is 76.6 Å². The highest BCUT2D eigenvalue weighted by molar-refractivity contribution is 5.86. The quantitative estimate of drug-likeness (QED) is 0.236. The van der Waals surface area contributed by atoms with E-state index in [4.69, 9.17) is 9.47 Å². The van der Waals surface area contributed by atoms with E-state index in [1.807, 2.05) is 30.3 Å². The van der Waals surface area contributed by atoms with Crippen LogP contribution in [-0.2, 0) is 35.2 Å². The van der Waals surface area contributed by atoms with Gasteiger partial charge < -0.3 is 24.4 Å². The predicted molar refractivity (Wildman–Crippen MR) is 156 cm³/mol. The summed E-state index contributed by atoms with van der Waals surface area (Å²) in [6, 6.07) is 9.17. The number of rotatable bonds is 16. The van der Waals surface area contributed by atoms with Crippen molar-refractivity contribution in [2.75, 3.05) is 26.3 Å². The molecule has 1 aromatic carbocycles. The zero-order chi connectivity index (χ0) is 30.4. The zero-order valence-electron chi connectivity index (χ0n) is 24.8. The van der Waals surface area contributed by atoms with E-state index in [9.17, 15) is 24.3 Å². The van der Waals surface area contributed by atoms with Crippen LogP contribution in [0.3, 0.4) is 0 Å². The van der Waals surface area contributed by atoms with Crippen LogP contribution in [0.15, 0.2) is 55.6 Å². The maximum atomic E-state index is 13.6. The number of benzene rings is 1. The van der Waals surface area contributed by atoms with Crippen molar-refractivity contribution in [3.8, 4) is 0 Å². The molecule has 1 aromatic rings. The average molecular weight is 571 g/mol. The first-order chi connectivity index (χ1) is 19.5. The second-order valence-corrected chi connectivity index (χ2v) is 11.4. The molecular formula is C32H46N2O7. The minimum absolute atomic E-state index is 0.00589. The van der Waals surface area contributed by atoms with E-state index in [1.54, 1.807) is 42.7 Å². The molecule has 1 heterocycles. The molecule has 0 aromatic heterocycles. The largest absolute Gasteiger partial charge is 0.463 e. The van der Waals surface area contributed by atoms with Gasteiger partial charge in [0.2, 0.25) is 11.8 Å². The van der Waals surface area contributed by atoms with Crippen molar-refractivity contribution < 1.29 is 33.8 Å². The number of esters is 2. The van der Waals surface area contributed by atoms with E-state index < -0.39 is 29.4 Å². The van der Waals surface area contributed by atoms with Gasteiger partial charge in [0, 0.05) is 26.1 Å². The van der Waals surface area contributed by atoms with Gasteiger partial charge >= 0.3 is 11.9 Å². The van der Waals surface area contributed by atoms with Crippen LogP contribution in [0.5, 0.6) is 0 Å². The van der Waals surface area contributed by atoms with Crippen LogP contribution >= 0.6 is 0 Å². The monoisotopic (exact) mass is 570 g/mol. The van der Waals surface area contributed by atoms with Crippen LogP contribution in [0.25, 0.3) is 0 Å². The van der Waals surface area contributed by atoms with E-state index >= 15 is 0 Å². The average Bonchev–Trinajstić information content (AvgIpc) is 3.38. The molecule has 1 N–H and O–H groups in total. The minimum Gasteiger partial charge on any atom is -0.463 e. The molecule has 226 valence electrons. The second-order valence-electron chi connectivity index (χ2n) is 11.4. The second kappa shape index (κ2) is 16.7. The van der Waals surface area contributed by atoms with Gasteiger partial charge in [0.15, 0.2) is 0 Å². The van der Waals surface area contributed by atoms with E-state index in [-0.39, 0.29) is 56.9 Å². The topological polar surface area (TPSA) is 113 Å². The Hall–Kier alpha value is -3.46. The molecule has 3 atom stereocenters. The van der Waals surface area contributed by atoms with Crippen molar-refractivity contribution in [1.82, 2.24) is 9.80 Å². The summed E-state index contributed by atoms with van der Waals surface area (Å²) in [5.41, 5.74) is 0.272. The summed E-state index contributed by atoms with van der Waals surface area (Å²) in [7, 11) is 0. The fourth-order valence-corrected chi connectivity index (χ4v) is 4.91. The summed E-state index contributed by atoms with van der Waals surface area (Å²) in [6.45, 7) is 13.6. The third-order valence-corrected chi connectivity index (χ3v) is 6.86. The fraction of sp³-hybridized carbons (Fsp3) is 0.562. The molecule has 2 rings (SSSR count). The van der Waals surface area contributed by atoms with Gasteiger partial charge in [0.25, 0.3) is 0 Å². The summed E-state index contributed by atoms with van der Waals surface area (Å²) < 4.78 is 10.9. The van der Waals surface area contributed by atoms with Gasteiger partial charge in [-0.3, -0.25) is 19.2 Å².